The third kappa shape index (κ3) is 4.55. The molecule has 2 N–H and O–H groups in total. The van der Waals surface area contributed by atoms with E-state index in [0.717, 1.165) is 31.6 Å². The monoisotopic (exact) mass is 361 g/mol. The second-order valence-corrected chi connectivity index (χ2v) is 7.76. The molecule has 1 aromatic carbocycles. The number of nitrogens with one attached hydrogen (secondary N) is 2. The molecule has 0 aromatic heterocycles. The minimum atomic E-state index is -0.353. The molecule has 1 atom stereocenters. The van der Waals surface area contributed by atoms with Crippen LogP contribution >= 0.6 is 11.8 Å². The zero-order valence-electron chi connectivity index (χ0n) is 14.8. The highest BCUT2D eigenvalue weighted by atomic mass is 32.2. The lowest BCUT2D eigenvalue weighted by atomic mass is 10.0. The van der Waals surface area contributed by atoms with Crippen LogP contribution in [-0.4, -0.2) is 60.4 Å². The van der Waals surface area contributed by atoms with Gasteiger partial charge in [0.25, 0.3) is 0 Å². The summed E-state index contributed by atoms with van der Waals surface area (Å²) < 4.78 is 0. The van der Waals surface area contributed by atoms with Crippen molar-refractivity contribution in [3.63, 3.8) is 0 Å². The molecule has 0 bridgehead atoms. The number of carbonyl (C=O) groups excluding carboxylic acids is 2. The summed E-state index contributed by atoms with van der Waals surface area (Å²) in [6, 6.07) is 8.46. The van der Waals surface area contributed by atoms with Crippen molar-refractivity contribution in [2.45, 2.75) is 37.8 Å². The van der Waals surface area contributed by atoms with Crippen LogP contribution in [0.1, 0.15) is 24.0 Å². The normalized spacial score (nSPS) is 21.0. The van der Waals surface area contributed by atoms with E-state index in [9.17, 15) is 9.59 Å². The number of nitrogens with zero attached hydrogens (tertiary/aromatic N) is 1. The molecule has 1 saturated heterocycles. The molecule has 0 saturated carbocycles. The van der Waals surface area contributed by atoms with Crippen molar-refractivity contribution in [1.29, 1.82) is 0 Å². The van der Waals surface area contributed by atoms with Crippen LogP contribution in [0.3, 0.4) is 0 Å². The van der Waals surface area contributed by atoms with Crippen LogP contribution < -0.4 is 10.6 Å². The highest BCUT2D eigenvalue weighted by Gasteiger charge is 2.37. The molecule has 136 valence electrons. The van der Waals surface area contributed by atoms with Gasteiger partial charge in [-0.2, -0.15) is 11.8 Å². The maximum absolute atomic E-state index is 12.4. The molecule has 0 unspecified atom stereocenters. The van der Waals surface area contributed by atoms with E-state index < -0.39 is 0 Å². The van der Waals surface area contributed by atoms with E-state index in [1.165, 1.54) is 11.1 Å². The lowest BCUT2D eigenvalue weighted by Gasteiger charge is -2.38. The van der Waals surface area contributed by atoms with Gasteiger partial charge in [0, 0.05) is 25.7 Å². The van der Waals surface area contributed by atoms with E-state index in [1.54, 1.807) is 11.8 Å². The summed E-state index contributed by atoms with van der Waals surface area (Å²) in [7, 11) is 0. The summed E-state index contributed by atoms with van der Waals surface area (Å²) in [4.78, 5) is 26.9. The number of thioether (sulfide) groups is 1. The van der Waals surface area contributed by atoms with Crippen molar-refractivity contribution in [2.24, 2.45) is 0 Å². The molecule has 1 aliphatic carbocycles. The third-order valence-electron chi connectivity index (χ3n) is 5.10. The molecule has 0 radical (unpaired) electrons. The van der Waals surface area contributed by atoms with Crippen LogP contribution in [0.5, 0.6) is 0 Å². The number of fused-ring (bicyclic) bond motifs is 1. The van der Waals surface area contributed by atoms with Crippen LogP contribution in [-0.2, 0) is 22.4 Å². The molecular formula is C19H27N3O2S. The lowest BCUT2D eigenvalue weighted by Crippen LogP contribution is -2.59. The van der Waals surface area contributed by atoms with E-state index in [1.807, 2.05) is 0 Å². The Labute approximate surface area is 153 Å². The Morgan fingerprint density at radius 2 is 2.04 bits per heavy atom. The highest BCUT2D eigenvalue weighted by molar-refractivity contribution is 7.98. The van der Waals surface area contributed by atoms with Crippen LogP contribution in [0.2, 0.25) is 0 Å². The third-order valence-corrected chi connectivity index (χ3v) is 5.79. The quantitative estimate of drug-likeness (QED) is 0.717. The summed E-state index contributed by atoms with van der Waals surface area (Å²) >= 11 is 1.78. The highest BCUT2D eigenvalue weighted by Crippen LogP contribution is 2.28. The fraction of sp³-hybridized carbons (Fsp3) is 0.579. The van der Waals surface area contributed by atoms with Gasteiger partial charge >= 0.3 is 0 Å². The summed E-state index contributed by atoms with van der Waals surface area (Å²) in [5.74, 6) is 1.00. The average Bonchev–Trinajstić information content (AvgIpc) is 3.04. The number of amides is 2. The van der Waals surface area contributed by atoms with Gasteiger partial charge in [-0.1, -0.05) is 24.3 Å². The first-order valence-corrected chi connectivity index (χ1v) is 10.4. The Hall–Kier alpha value is -1.53. The van der Waals surface area contributed by atoms with Gasteiger partial charge in [0.15, 0.2) is 0 Å². The van der Waals surface area contributed by atoms with Gasteiger partial charge in [0.05, 0.1) is 12.5 Å². The molecule has 5 nitrogen and oxygen atoms in total. The molecule has 2 aliphatic rings. The number of piperazine rings is 1. The first kappa shape index (κ1) is 18.3. The Kier molecular flexibility index (Phi) is 6.37. The Balaban J connectivity index is 1.60. The zero-order valence-corrected chi connectivity index (χ0v) is 15.6. The van der Waals surface area contributed by atoms with Crippen molar-refractivity contribution in [3.05, 3.63) is 35.4 Å². The van der Waals surface area contributed by atoms with Gasteiger partial charge in [-0.15, -0.1) is 0 Å². The zero-order chi connectivity index (χ0) is 17.6. The van der Waals surface area contributed by atoms with Crippen LogP contribution in [0.15, 0.2) is 24.3 Å². The second-order valence-electron chi connectivity index (χ2n) is 6.78. The number of rotatable bonds is 7. The molecule has 0 spiro atoms. The molecular weight excluding hydrogens is 334 g/mol. The van der Waals surface area contributed by atoms with Crippen molar-refractivity contribution in [1.82, 2.24) is 15.5 Å². The van der Waals surface area contributed by atoms with Crippen molar-refractivity contribution in [3.8, 4) is 0 Å². The second kappa shape index (κ2) is 8.72. The molecule has 6 heteroatoms. The standard InChI is InChI=1S/C19H27N3O2S/c1-25-10-4-7-20-18(23)13-17-19(24)21-8-9-22(17)16-11-14-5-2-3-6-15(14)12-16/h2-3,5-6,16-17H,4,7-13H2,1H3,(H,20,23)(H,21,24)/t17-/m0/s1. The van der Waals surface area contributed by atoms with Crippen molar-refractivity contribution >= 4 is 23.6 Å². The van der Waals surface area contributed by atoms with Crippen LogP contribution in [0.4, 0.5) is 0 Å². The van der Waals surface area contributed by atoms with E-state index in [-0.39, 0.29) is 24.3 Å². The summed E-state index contributed by atoms with van der Waals surface area (Å²) in [5, 5.41) is 5.88. The molecule has 1 fully saturated rings. The molecule has 3 rings (SSSR count). The van der Waals surface area contributed by atoms with Gasteiger partial charge in [0.2, 0.25) is 11.8 Å². The van der Waals surface area contributed by atoms with E-state index in [4.69, 9.17) is 0 Å². The smallest absolute Gasteiger partial charge is 0.237 e. The van der Waals surface area contributed by atoms with E-state index >= 15 is 0 Å². The molecule has 1 aliphatic heterocycles. The minimum Gasteiger partial charge on any atom is -0.356 e. The molecule has 1 heterocycles. The number of hydrogen-bond acceptors (Lipinski definition) is 4. The van der Waals surface area contributed by atoms with Gasteiger partial charge in [-0.25, -0.2) is 0 Å². The van der Waals surface area contributed by atoms with Gasteiger partial charge in [-0.05, 0) is 42.4 Å². The van der Waals surface area contributed by atoms with Crippen molar-refractivity contribution in [2.75, 3.05) is 31.6 Å². The maximum Gasteiger partial charge on any atom is 0.237 e. The topological polar surface area (TPSA) is 61.4 Å². The predicted octanol–water partition coefficient (Wildman–Crippen LogP) is 1.21. The number of benzene rings is 1. The van der Waals surface area contributed by atoms with Gasteiger partial charge in [-0.3, -0.25) is 14.5 Å². The minimum absolute atomic E-state index is 0.0125. The van der Waals surface area contributed by atoms with E-state index in [0.29, 0.717) is 19.1 Å². The number of hydrogen-bond donors (Lipinski definition) is 2. The fourth-order valence-electron chi connectivity index (χ4n) is 3.84. The molecule has 25 heavy (non-hydrogen) atoms. The Morgan fingerprint density at radius 1 is 1.32 bits per heavy atom. The van der Waals surface area contributed by atoms with Crippen LogP contribution in [0.25, 0.3) is 0 Å². The molecule has 2 amide bonds. The Morgan fingerprint density at radius 3 is 2.72 bits per heavy atom. The number of carbonyl (C=O) groups is 2. The largest absolute Gasteiger partial charge is 0.356 e. The van der Waals surface area contributed by atoms with Gasteiger partial charge in [0.1, 0.15) is 0 Å². The summed E-state index contributed by atoms with van der Waals surface area (Å²) in [6.45, 7) is 2.16. The fourth-order valence-corrected chi connectivity index (χ4v) is 4.27. The summed E-state index contributed by atoms with van der Waals surface area (Å²) in [5.41, 5.74) is 2.75. The first-order valence-electron chi connectivity index (χ1n) is 9.05. The molecule has 1 aromatic rings. The Bertz CT molecular complexity index is 597. The average molecular weight is 362 g/mol. The van der Waals surface area contributed by atoms with E-state index in [2.05, 4.69) is 46.1 Å². The maximum atomic E-state index is 12.4. The SMILES string of the molecule is CSCCCNC(=O)C[C@H]1C(=O)NCCN1C1Cc2ccccc2C1. The van der Waals surface area contributed by atoms with Gasteiger partial charge < -0.3 is 10.6 Å². The van der Waals surface area contributed by atoms with Crippen LogP contribution in [0, 0.1) is 0 Å². The summed E-state index contributed by atoms with van der Waals surface area (Å²) in [6.07, 6.45) is 5.21. The first-order chi connectivity index (χ1) is 12.2. The predicted molar refractivity (Wildman–Crippen MR) is 102 cm³/mol. The lowest BCUT2D eigenvalue weighted by molar-refractivity contribution is -0.135. The van der Waals surface area contributed by atoms with Crippen molar-refractivity contribution < 1.29 is 9.59 Å².